The summed E-state index contributed by atoms with van der Waals surface area (Å²) in [4.78, 5) is 15.9. The zero-order chi connectivity index (χ0) is 14.4. The van der Waals surface area contributed by atoms with E-state index in [1.807, 2.05) is 13.1 Å². The summed E-state index contributed by atoms with van der Waals surface area (Å²) >= 11 is 0. The van der Waals surface area contributed by atoms with Crippen LogP contribution in [0.2, 0.25) is 0 Å². The lowest BCUT2D eigenvalue weighted by Gasteiger charge is -2.00. The molecule has 0 fully saturated rings. The first-order chi connectivity index (χ1) is 10.3. The highest BCUT2D eigenvalue weighted by Crippen LogP contribution is 2.27. The van der Waals surface area contributed by atoms with Crippen LogP contribution in [-0.4, -0.2) is 29.7 Å². The molecule has 4 rings (SSSR count). The van der Waals surface area contributed by atoms with Crippen molar-refractivity contribution in [1.82, 2.24) is 29.7 Å². The molecule has 7 nitrogen and oxygen atoms in total. The summed E-state index contributed by atoms with van der Waals surface area (Å²) < 4.78 is 1.69. The van der Waals surface area contributed by atoms with Gasteiger partial charge < -0.3 is 4.98 Å². The second kappa shape index (κ2) is 4.11. The molecule has 0 aliphatic rings. The van der Waals surface area contributed by atoms with Crippen LogP contribution in [0.15, 0.2) is 30.9 Å². The third-order valence-electron chi connectivity index (χ3n) is 3.42. The number of H-pyrrole nitrogens is 1. The number of nitrogens with one attached hydrogen (secondary N) is 1. The van der Waals surface area contributed by atoms with Crippen LogP contribution in [0.1, 0.15) is 5.69 Å². The minimum atomic E-state index is 0.382. The number of aryl methyl sites for hydroxylation is 1. The van der Waals surface area contributed by atoms with Crippen molar-refractivity contribution in [2.45, 2.75) is 0 Å². The van der Waals surface area contributed by atoms with Gasteiger partial charge in [0.15, 0.2) is 5.82 Å². The molecule has 4 heterocycles. The maximum absolute atomic E-state index is 8.99. The minimum absolute atomic E-state index is 0.382. The van der Waals surface area contributed by atoms with E-state index < -0.39 is 0 Å². The predicted octanol–water partition coefficient (Wildman–Crippen LogP) is 1.78. The van der Waals surface area contributed by atoms with Gasteiger partial charge in [-0.1, -0.05) is 0 Å². The highest BCUT2D eigenvalue weighted by Gasteiger charge is 2.11. The van der Waals surface area contributed by atoms with Crippen LogP contribution in [-0.2, 0) is 7.05 Å². The Bertz CT molecular complexity index is 1020. The van der Waals surface area contributed by atoms with Crippen molar-refractivity contribution < 1.29 is 0 Å². The normalized spacial score (nSPS) is 11.0. The summed E-state index contributed by atoms with van der Waals surface area (Å²) in [5.74, 6) is 0.744. The Morgan fingerprint density at radius 2 is 2.05 bits per heavy atom. The number of pyridine rings is 2. The number of aromatic nitrogens is 6. The van der Waals surface area contributed by atoms with E-state index in [2.05, 4.69) is 31.1 Å². The van der Waals surface area contributed by atoms with Gasteiger partial charge >= 0.3 is 0 Å². The molecular weight excluding hydrogens is 266 g/mol. The molecule has 7 heteroatoms. The standard InChI is InChI=1S/C14H9N7/c1-21-14(18-7-19-21)8-2-11-10-3-9(4-15)16-6-12(10)20-13(11)17-5-8/h2-3,5-7H,1H3,(H,17,20). The average molecular weight is 275 g/mol. The number of nitrogens with zero attached hydrogens (tertiary/aromatic N) is 6. The number of hydrogen-bond donors (Lipinski definition) is 1. The Hall–Kier alpha value is -3.27. The van der Waals surface area contributed by atoms with Crippen LogP contribution >= 0.6 is 0 Å². The first kappa shape index (κ1) is 11.5. The van der Waals surface area contributed by atoms with Gasteiger partial charge in [0.05, 0.1) is 11.7 Å². The molecule has 0 aromatic carbocycles. The van der Waals surface area contributed by atoms with Crippen LogP contribution in [0.25, 0.3) is 33.3 Å². The van der Waals surface area contributed by atoms with E-state index in [1.165, 1.54) is 6.33 Å². The maximum atomic E-state index is 8.99. The summed E-state index contributed by atoms with van der Waals surface area (Å²) in [6.45, 7) is 0. The SMILES string of the molecule is Cn1ncnc1-c1cnc2[nH]c3cnc(C#N)cc3c2c1. The number of nitriles is 1. The molecule has 0 aliphatic carbocycles. The summed E-state index contributed by atoms with van der Waals surface area (Å²) in [5.41, 5.74) is 2.87. The molecule has 4 aromatic rings. The quantitative estimate of drug-likeness (QED) is 0.571. The third kappa shape index (κ3) is 1.66. The van der Waals surface area contributed by atoms with Gasteiger partial charge in [0.2, 0.25) is 0 Å². The Labute approximate surface area is 118 Å². The highest BCUT2D eigenvalue weighted by molar-refractivity contribution is 6.06. The monoisotopic (exact) mass is 275 g/mol. The highest BCUT2D eigenvalue weighted by atomic mass is 15.3. The fraction of sp³-hybridized carbons (Fsp3) is 0.0714. The van der Waals surface area contributed by atoms with Gasteiger partial charge in [-0.15, -0.1) is 0 Å². The molecule has 0 saturated heterocycles. The van der Waals surface area contributed by atoms with Crippen molar-refractivity contribution >= 4 is 21.9 Å². The lowest BCUT2D eigenvalue weighted by molar-refractivity contribution is 0.774. The molecule has 0 aliphatic heterocycles. The molecule has 1 N–H and O–H groups in total. The van der Waals surface area contributed by atoms with Crippen LogP contribution in [0.4, 0.5) is 0 Å². The van der Waals surface area contributed by atoms with E-state index in [-0.39, 0.29) is 0 Å². The number of rotatable bonds is 1. The lowest BCUT2D eigenvalue weighted by atomic mass is 10.1. The van der Waals surface area contributed by atoms with Crippen molar-refractivity contribution in [2.75, 3.05) is 0 Å². The first-order valence-electron chi connectivity index (χ1n) is 6.28. The summed E-state index contributed by atoms with van der Waals surface area (Å²) in [7, 11) is 1.83. The summed E-state index contributed by atoms with van der Waals surface area (Å²) in [6.07, 6.45) is 4.91. The van der Waals surface area contributed by atoms with Crippen molar-refractivity contribution in [2.24, 2.45) is 7.05 Å². The van der Waals surface area contributed by atoms with E-state index in [4.69, 9.17) is 5.26 Å². The van der Waals surface area contributed by atoms with Gasteiger partial charge in [-0.3, -0.25) is 0 Å². The van der Waals surface area contributed by atoms with Gasteiger partial charge in [0, 0.05) is 29.6 Å². The summed E-state index contributed by atoms with van der Waals surface area (Å²) in [5, 5.41) is 14.9. The Balaban J connectivity index is 2.04. The van der Waals surface area contributed by atoms with Crippen LogP contribution in [0.5, 0.6) is 0 Å². The zero-order valence-electron chi connectivity index (χ0n) is 11.1. The second-order valence-electron chi connectivity index (χ2n) is 4.68. The number of fused-ring (bicyclic) bond motifs is 3. The molecule has 0 saturated carbocycles. The molecule has 0 amide bonds. The second-order valence-corrected chi connectivity index (χ2v) is 4.68. The molecular formula is C14H9N7. The fourth-order valence-corrected chi connectivity index (χ4v) is 2.42. The molecule has 100 valence electrons. The van der Waals surface area contributed by atoms with E-state index in [0.717, 1.165) is 33.3 Å². The largest absolute Gasteiger partial charge is 0.338 e. The van der Waals surface area contributed by atoms with Gasteiger partial charge in [0.1, 0.15) is 23.7 Å². The first-order valence-corrected chi connectivity index (χ1v) is 6.28. The number of aromatic amines is 1. The van der Waals surface area contributed by atoms with Crippen molar-refractivity contribution in [1.29, 1.82) is 5.26 Å². The van der Waals surface area contributed by atoms with E-state index in [0.29, 0.717) is 5.69 Å². The molecule has 21 heavy (non-hydrogen) atoms. The summed E-state index contributed by atoms with van der Waals surface area (Å²) in [6, 6.07) is 5.81. The fourth-order valence-electron chi connectivity index (χ4n) is 2.42. The van der Waals surface area contributed by atoms with Crippen molar-refractivity contribution in [3.63, 3.8) is 0 Å². The average Bonchev–Trinajstić information content (AvgIpc) is 3.09. The number of hydrogen-bond acceptors (Lipinski definition) is 5. The smallest absolute Gasteiger partial charge is 0.159 e. The van der Waals surface area contributed by atoms with Gasteiger partial charge in [0.25, 0.3) is 0 Å². The Kier molecular flexibility index (Phi) is 2.26. The maximum Gasteiger partial charge on any atom is 0.159 e. The molecule has 4 aromatic heterocycles. The molecule has 0 atom stereocenters. The lowest BCUT2D eigenvalue weighted by Crippen LogP contribution is -1.94. The predicted molar refractivity (Wildman–Crippen MR) is 76.1 cm³/mol. The van der Waals surface area contributed by atoms with Crippen molar-refractivity contribution in [3.05, 3.63) is 36.5 Å². The Morgan fingerprint density at radius 3 is 2.81 bits per heavy atom. The zero-order valence-corrected chi connectivity index (χ0v) is 11.1. The third-order valence-corrected chi connectivity index (χ3v) is 3.42. The molecule has 0 bridgehead atoms. The van der Waals surface area contributed by atoms with Crippen LogP contribution in [0, 0.1) is 11.3 Å². The van der Waals surface area contributed by atoms with E-state index in [1.54, 1.807) is 23.1 Å². The van der Waals surface area contributed by atoms with Gasteiger partial charge in [-0.05, 0) is 12.1 Å². The molecule has 0 spiro atoms. The minimum Gasteiger partial charge on any atom is -0.338 e. The van der Waals surface area contributed by atoms with Crippen molar-refractivity contribution in [3.8, 4) is 17.5 Å². The molecule has 0 unspecified atom stereocenters. The topological polar surface area (TPSA) is 96.1 Å². The van der Waals surface area contributed by atoms with Gasteiger partial charge in [-0.2, -0.15) is 10.4 Å². The van der Waals surface area contributed by atoms with E-state index in [9.17, 15) is 0 Å². The van der Waals surface area contributed by atoms with Crippen LogP contribution < -0.4 is 0 Å². The van der Waals surface area contributed by atoms with Gasteiger partial charge in [-0.25, -0.2) is 19.6 Å². The Morgan fingerprint density at radius 1 is 1.14 bits per heavy atom. The molecule has 0 radical (unpaired) electrons. The van der Waals surface area contributed by atoms with Crippen LogP contribution in [0.3, 0.4) is 0 Å². The van der Waals surface area contributed by atoms with E-state index >= 15 is 0 Å².